The third kappa shape index (κ3) is 0.650. The molecular formula is C11H15N. The van der Waals surface area contributed by atoms with Crippen LogP contribution in [0.15, 0.2) is 0 Å². The van der Waals surface area contributed by atoms with Gasteiger partial charge in [-0.3, -0.25) is 0 Å². The van der Waals surface area contributed by atoms with Gasteiger partial charge in [0.2, 0.25) is 0 Å². The van der Waals surface area contributed by atoms with Crippen molar-refractivity contribution in [1.82, 2.24) is 4.57 Å². The molecule has 12 heavy (non-hydrogen) atoms. The van der Waals surface area contributed by atoms with E-state index in [1.807, 2.05) is 0 Å². The van der Waals surface area contributed by atoms with E-state index in [0.717, 1.165) is 0 Å². The molecule has 0 unspecified atom stereocenters. The number of aromatic nitrogens is 1. The number of hydrogen-bond donors (Lipinski definition) is 0. The monoisotopic (exact) mass is 161 g/mol. The Labute approximate surface area is 73.4 Å². The lowest BCUT2D eigenvalue weighted by Gasteiger charge is -2.02. The number of nitrogens with zero attached hydrogens (tertiary/aromatic N) is 1. The van der Waals surface area contributed by atoms with E-state index in [0.29, 0.717) is 0 Å². The highest BCUT2D eigenvalue weighted by atomic mass is 15.0. The summed E-state index contributed by atoms with van der Waals surface area (Å²) in [5, 5.41) is 0. The van der Waals surface area contributed by atoms with Crippen LogP contribution in [-0.4, -0.2) is 4.57 Å². The van der Waals surface area contributed by atoms with Gasteiger partial charge in [-0.2, -0.15) is 0 Å². The average Bonchev–Trinajstić information content (AvgIpc) is 2.72. The Morgan fingerprint density at radius 2 is 1.83 bits per heavy atom. The highest BCUT2D eigenvalue weighted by molar-refractivity contribution is 5.42. The first-order valence-corrected chi connectivity index (χ1v) is 5.07. The lowest BCUT2D eigenvalue weighted by molar-refractivity contribution is 0.719. The van der Waals surface area contributed by atoms with Gasteiger partial charge in [0.05, 0.1) is 0 Å². The molecule has 0 spiro atoms. The Kier molecular flexibility index (Phi) is 1.21. The standard InChI is InChI=1S/C11H15N/c1-8-9-4-2-5-10(9)11-6-3-7-12(8)11/h2-7H2,1H3. The molecule has 0 atom stereocenters. The van der Waals surface area contributed by atoms with Gasteiger partial charge in [-0.1, -0.05) is 0 Å². The molecule has 64 valence electrons. The molecule has 0 fully saturated rings. The Hall–Kier alpha value is -0.720. The minimum Gasteiger partial charge on any atom is -0.348 e. The van der Waals surface area contributed by atoms with Crippen molar-refractivity contribution < 1.29 is 0 Å². The first-order chi connectivity index (χ1) is 5.88. The molecule has 0 saturated heterocycles. The van der Waals surface area contributed by atoms with Crippen LogP contribution < -0.4 is 0 Å². The van der Waals surface area contributed by atoms with Crippen molar-refractivity contribution in [1.29, 1.82) is 0 Å². The fourth-order valence-corrected chi connectivity index (χ4v) is 2.98. The molecule has 1 nitrogen and oxygen atoms in total. The largest absolute Gasteiger partial charge is 0.348 e. The fourth-order valence-electron chi connectivity index (χ4n) is 2.98. The van der Waals surface area contributed by atoms with E-state index >= 15 is 0 Å². The molecule has 3 rings (SSSR count). The van der Waals surface area contributed by atoms with Crippen molar-refractivity contribution in [3.63, 3.8) is 0 Å². The summed E-state index contributed by atoms with van der Waals surface area (Å²) in [6.07, 6.45) is 6.83. The van der Waals surface area contributed by atoms with E-state index in [1.165, 1.54) is 38.6 Å². The predicted octanol–water partition coefficient (Wildman–Crippen LogP) is 2.23. The minimum atomic E-state index is 1.29. The molecule has 0 amide bonds. The molecule has 0 aromatic carbocycles. The van der Waals surface area contributed by atoms with Gasteiger partial charge in [-0.05, 0) is 50.2 Å². The van der Waals surface area contributed by atoms with Crippen LogP contribution in [0.5, 0.6) is 0 Å². The smallest absolute Gasteiger partial charge is 0.0228 e. The molecule has 1 heteroatoms. The molecule has 0 bridgehead atoms. The second-order valence-electron chi connectivity index (χ2n) is 4.10. The highest BCUT2D eigenvalue weighted by Crippen LogP contribution is 2.34. The predicted molar refractivity (Wildman–Crippen MR) is 49.5 cm³/mol. The van der Waals surface area contributed by atoms with Crippen LogP contribution in [0.1, 0.15) is 35.4 Å². The van der Waals surface area contributed by atoms with Crippen LogP contribution in [0, 0.1) is 6.92 Å². The maximum Gasteiger partial charge on any atom is 0.0228 e. The van der Waals surface area contributed by atoms with Crippen molar-refractivity contribution in [2.45, 2.75) is 45.6 Å². The molecule has 1 aliphatic heterocycles. The Bertz CT molecular complexity index is 302. The van der Waals surface area contributed by atoms with Gasteiger partial charge in [0.1, 0.15) is 0 Å². The summed E-state index contributed by atoms with van der Waals surface area (Å²) in [6.45, 7) is 3.59. The number of hydrogen-bond acceptors (Lipinski definition) is 0. The van der Waals surface area contributed by atoms with Crippen LogP contribution >= 0.6 is 0 Å². The summed E-state index contributed by atoms with van der Waals surface area (Å²) in [4.78, 5) is 0. The summed E-state index contributed by atoms with van der Waals surface area (Å²) in [6, 6.07) is 0. The third-order valence-corrected chi connectivity index (χ3v) is 3.53. The molecule has 0 saturated carbocycles. The number of fused-ring (bicyclic) bond motifs is 3. The van der Waals surface area contributed by atoms with Gasteiger partial charge in [-0.15, -0.1) is 0 Å². The summed E-state index contributed by atoms with van der Waals surface area (Å²) < 4.78 is 2.56. The third-order valence-electron chi connectivity index (χ3n) is 3.53. The van der Waals surface area contributed by atoms with Crippen LogP contribution in [0.3, 0.4) is 0 Å². The van der Waals surface area contributed by atoms with Gasteiger partial charge in [-0.25, -0.2) is 0 Å². The van der Waals surface area contributed by atoms with Gasteiger partial charge in [0.25, 0.3) is 0 Å². The first-order valence-electron chi connectivity index (χ1n) is 5.07. The van der Waals surface area contributed by atoms with E-state index in [1.54, 1.807) is 22.5 Å². The average molecular weight is 161 g/mol. The fraction of sp³-hybridized carbons (Fsp3) is 0.636. The van der Waals surface area contributed by atoms with Crippen molar-refractivity contribution >= 4 is 0 Å². The molecule has 0 radical (unpaired) electrons. The lowest BCUT2D eigenvalue weighted by Crippen LogP contribution is -1.96. The maximum atomic E-state index is 2.56. The van der Waals surface area contributed by atoms with Crippen LogP contribution in [-0.2, 0) is 25.8 Å². The van der Waals surface area contributed by atoms with Crippen molar-refractivity contribution in [3.8, 4) is 0 Å². The second kappa shape index (κ2) is 2.15. The van der Waals surface area contributed by atoms with Crippen LogP contribution in [0.2, 0.25) is 0 Å². The Balaban J connectivity index is 2.28. The Morgan fingerprint density at radius 3 is 2.75 bits per heavy atom. The zero-order valence-electron chi connectivity index (χ0n) is 7.69. The highest BCUT2D eigenvalue weighted by Gasteiger charge is 2.25. The summed E-state index contributed by atoms with van der Waals surface area (Å²) >= 11 is 0. The van der Waals surface area contributed by atoms with E-state index in [-0.39, 0.29) is 0 Å². The summed E-state index contributed by atoms with van der Waals surface area (Å²) in [7, 11) is 0. The van der Waals surface area contributed by atoms with Gasteiger partial charge in [0.15, 0.2) is 0 Å². The van der Waals surface area contributed by atoms with E-state index in [9.17, 15) is 0 Å². The normalized spacial score (nSPS) is 19.8. The van der Waals surface area contributed by atoms with Crippen LogP contribution in [0.4, 0.5) is 0 Å². The van der Waals surface area contributed by atoms with Gasteiger partial charge < -0.3 is 4.57 Å². The quantitative estimate of drug-likeness (QED) is 0.550. The Morgan fingerprint density at radius 1 is 1.00 bits per heavy atom. The van der Waals surface area contributed by atoms with Crippen LogP contribution in [0.25, 0.3) is 0 Å². The second-order valence-corrected chi connectivity index (χ2v) is 4.10. The van der Waals surface area contributed by atoms with Crippen molar-refractivity contribution in [3.05, 3.63) is 22.5 Å². The van der Waals surface area contributed by atoms with Gasteiger partial charge >= 0.3 is 0 Å². The topological polar surface area (TPSA) is 4.93 Å². The molecule has 1 aromatic heterocycles. The SMILES string of the molecule is Cc1c2c(c3n1CCC3)CCC2. The minimum absolute atomic E-state index is 1.29. The lowest BCUT2D eigenvalue weighted by atomic mass is 10.1. The van der Waals surface area contributed by atoms with E-state index in [2.05, 4.69) is 11.5 Å². The molecule has 0 N–H and O–H groups in total. The van der Waals surface area contributed by atoms with Crippen molar-refractivity contribution in [2.75, 3.05) is 0 Å². The van der Waals surface area contributed by atoms with Gasteiger partial charge in [0, 0.05) is 17.9 Å². The molecule has 1 aliphatic carbocycles. The zero-order chi connectivity index (χ0) is 8.13. The molecule has 2 aliphatic rings. The van der Waals surface area contributed by atoms with E-state index in [4.69, 9.17) is 0 Å². The molecule has 2 heterocycles. The first kappa shape index (κ1) is 6.76. The van der Waals surface area contributed by atoms with Crippen molar-refractivity contribution in [2.24, 2.45) is 0 Å². The molecule has 1 aromatic rings. The summed E-state index contributed by atoms with van der Waals surface area (Å²) in [5.41, 5.74) is 6.68. The maximum absolute atomic E-state index is 2.56. The summed E-state index contributed by atoms with van der Waals surface area (Å²) in [5.74, 6) is 0. The molecular weight excluding hydrogens is 146 g/mol. The zero-order valence-corrected chi connectivity index (χ0v) is 7.69. The van der Waals surface area contributed by atoms with E-state index < -0.39 is 0 Å². The number of rotatable bonds is 0.